The zero-order valence-corrected chi connectivity index (χ0v) is 13.3. The lowest BCUT2D eigenvalue weighted by molar-refractivity contribution is -0.116. The number of halogens is 1. The van der Waals surface area contributed by atoms with E-state index in [4.69, 9.17) is 0 Å². The minimum Gasteiger partial charge on any atom is -0.374 e. The van der Waals surface area contributed by atoms with Gasteiger partial charge in [-0.2, -0.15) is 0 Å². The normalized spacial score (nSPS) is 11.7. The number of hydrogen-bond donors (Lipinski definition) is 2. The van der Waals surface area contributed by atoms with Gasteiger partial charge in [0.15, 0.2) is 5.78 Å². The fourth-order valence-corrected chi connectivity index (χ4v) is 2.04. The first-order valence-electron chi connectivity index (χ1n) is 7.31. The number of rotatable bonds is 5. The Morgan fingerprint density at radius 1 is 1.04 bits per heavy atom. The van der Waals surface area contributed by atoms with E-state index in [1.807, 2.05) is 0 Å². The third kappa shape index (κ3) is 4.39. The van der Waals surface area contributed by atoms with Crippen LogP contribution >= 0.6 is 0 Å². The molecule has 2 aromatic rings. The summed E-state index contributed by atoms with van der Waals surface area (Å²) in [5.74, 6) is -0.594. The molecule has 0 heterocycles. The molecule has 4 nitrogen and oxygen atoms in total. The standard InChI is InChI=1S/C18H19FN2O2/c1-11-4-7-16(10-17(11)19)20-12(2)18(23)21-15-8-5-14(6-9-15)13(3)22/h4-10,12,20H,1-3H3,(H,21,23)/t12-/m1/s1. The van der Waals surface area contributed by atoms with Gasteiger partial charge in [-0.1, -0.05) is 6.07 Å². The van der Waals surface area contributed by atoms with Crippen LogP contribution in [0.25, 0.3) is 0 Å². The maximum Gasteiger partial charge on any atom is 0.246 e. The molecule has 2 aromatic carbocycles. The van der Waals surface area contributed by atoms with Crippen molar-refractivity contribution in [2.24, 2.45) is 0 Å². The van der Waals surface area contributed by atoms with Crippen molar-refractivity contribution < 1.29 is 14.0 Å². The summed E-state index contributed by atoms with van der Waals surface area (Å²) in [6, 6.07) is 10.9. The number of carbonyl (C=O) groups excluding carboxylic acids is 2. The van der Waals surface area contributed by atoms with Crippen LogP contribution in [0.3, 0.4) is 0 Å². The van der Waals surface area contributed by atoms with Gasteiger partial charge in [0.25, 0.3) is 0 Å². The van der Waals surface area contributed by atoms with Crippen molar-refractivity contribution in [1.82, 2.24) is 0 Å². The molecule has 0 saturated heterocycles. The number of hydrogen-bond acceptors (Lipinski definition) is 3. The van der Waals surface area contributed by atoms with E-state index in [0.717, 1.165) is 0 Å². The highest BCUT2D eigenvalue weighted by atomic mass is 19.1. The van der Waals surface area contributed by atoms with Gasteiger partial charge < -0.3 is 10.6 Å². The van der Waals surface area contributed by atoms with Gasteiger partial charge >= 0.3 is 0 Å². The lowest BCUT2D eigenvalue weighted by atomic mass is 10.1. The number of aryl methyl sites for hydroxylation is 1. The van der Waals surface area contributed by atoms with E-state index in [1.165, 1.54) is 13.0 Å². The average molecular weight is 314 g/mol. The monoisotopic (exact) mass is 314 g/mol. The molecule has 2 rings (SSSR count). The Hall–Kier alpha value is -2.69. The second kappa shape index (κ2) is 7.05. The minimum atomic E-state index is -0.537. The lowest BCUT2D eigenvalue weighted by Gasteiger charge is -2.16. The predicted octanol–water partition coefficient (Wildman–Crippen LogP) is 3.78. The summed E-state index contributed by atoms with van der Waals surface area (Å²) < 4.78 is 13.5. The molecular formula is C18H19FN2O2. The van der Waals surface area contributed by atoms with Crippen LogP contribution in [0.2, 0.25) is 0 Å². The van der Waals surface area contributed by atoms with Crippen molar-refractivity contribution in [1.29, 1.82) is 0 Å². The molecule has 0 unspecified atom stereocenters. The number of amides is 1. The van der Waals surface area contributed by atoms with Gasteiger partial charge in [-0.25, -0.2) is 4.39 Å². The van der Waals surface area contributed by atoms with Crippen molar-refractivity contribution in [3.05, 3.63) is 59.4 Å². The van der Waals surface area contributed by atoms with Crippen LogP contribution in [0.1, 0.15) is 29.8 Å². The molecule has 0 bridgehead atoms. The molecule has 0 aromatic heterocycles. The van der Waals surface area contributed by atoms with Crippen LogP contribution in [0.4, 0.5) is 15.8 Å². The third-order valence-corrected chi connectivity index (χ3v) is 3.51. The summed E-state index contributed by atoms with van der Waals surface area (Å²) in [5.41, 5.74) is 2.29. The summed E-state index contributed by atoms with van der Waals surface area (Å²) >= 11 is 0. The quantitative estimate of drug-likeness (QED) is 0.826. The van der Waals surface area contributed by atoms with Gasteiger partial charge in [0, 0.05) is 16.9 Å². The first-order valence-corrected chi connectivity index (χ1v) is 7.31. The smallest absolute Gasteiger partial charge is 0.246 e. The fourth-order valence-electron chi connectivity index (χ4n) is 2.04. The summed E-state index contributed by atoms with van der Waals surface area (Å²) in [5, 5.41) is 5.70. The van der Waals surface area contributed by atoms with Crippen LogP contribution in [0, 0.1) is 12.7 Å². The Kier molecular flexibility index (Phi) is 5.11. The SMILES string of the molecule is CC(=O)c1ccc(NC(=O)[C@@H](C)Nc2ccc(C)c(F)c2)cc1. The van der Waals surface area contributed by atoms with Crippen molar-refractivity contribution in [3.8, 4) is 0 Å². The van der Waals surface area contributed by atoms with Gasteiger partial charge in [-0.3, -0.25) is 9.59 Å². The predicted molar refractivity (Wildman–Crippen MR) is 89.3 cm³/mol. The number of anilines is 2. The van der Waals surface area contributed by atoms with E-state index in [2.05, 4.69) is 10.6 Å². The van der Waals surface area contributed by atoms with Crippen molar-refractivity contribution >= 4 is 23.1 Å². The molecule has 0 aliphatic rings. The minimum absolute atomic E-state index is 0.0284. The molecule has 0 saturated carbocycles. The lowest BCUT2D eigenvalue weighted by Crippen LogP contribution is -2.31. The Morgan fingerprint density at radius 2 is 1.65 bits per heavy atom. The molecule has 2 N–H and O–H groups in total. The second-order valence-corrected chi connectivity index (χ2v) is 5.45. The summed E-state index contributed by atoms with van der Waals surface area (Å²) in [6.07, 6.45) is 0. The number of nitrogens with one attached hydrogen (secondary N) is 2. The number of Topliss-reactive ketones (excluding diaryl/α,β-unsaturated/α-hetero) is 1. The summed E-state index contributed by atoms with van der Waals surface area (Å²) in [6.45, 7) is 4.86. The highest BCUT2D eigenvalue weighted by Crippen LogP contribution is 2.15. The average Bonchev–Trinajstić information content (AvgIpc) is 2.51. The Bertz CT molecular complexity index is 726. The van der Waals surface area contributed by atoms with Crippen molar-refractivity contribution in [2.75, 3.05) is 10.6 Å². The van der Waals surface area contributed by atoms with E-state index in [-0.39, 0.29) is 17.5 Å². The van der Waals surface area contributed by atoms with Crippen LogP contribution < -0.4 is 10.6 Å². The fraction of sp³-hybridized carbons (Fsp3) is 0.222. The molecule has 5 heteroatoms. The Morgan fingerprint density at radius 3 is 2.22 bits per heavy atom. The molecule has 0 spiro atoms. The molecule has 1 amide bonds. The van der Waals surface area contributed by atoms with E-state index >= 15 is 0 Å². The van der Waals surface area contributed by atoms with Crippen molar-refractivity contribution in [3.63, 3.8) is 0 Å². The maximum atomic E-state index is 13.5. The molecule has 23 heavy (non-hydrogen) atoms. The second-order valence-electron chi connectivity index (χ2n) is 5.45. The van der Waals surface area contributed by atoms with Crippen LogP contribution in [0.15, 0.2) is 42.5 Å². The Labute approximate surface area is 134 Å². The van der Waals surface area contributed by atoms with Crippen LogP contribution in [-0.4, -0.2) is 17.7 Å². The first-order chi connectivity index (χ1) is 10.9. The summed E-state index contributed by atoms with van der Waals surface area (Å²) in [7, 11) is 0. The van der Waals surface area contributed by atoms with Crippen molar-refractivity contribution in [2.45, 2.75) is 26.8 Å². The number of ketones is 1. The van der Waals surface area contributed by atoms with E-state index in [0.29, 0.717) is 22.5 Å². The summed E-state index contributed by atoms with van der Waals surface area (Å²) in [4.78, 5) is 23.4. The zero-order valence-electron chi connectivity index (χ0n) is 13.3. The largest absolute Gasteiger partial charge is 0.374 e. The molecule has 1 atom stereocenters. The van der Waals surface area contributed by atoms with Gasteiger partial charge in [0.1, 0.15) is 11.9 Å². The van der Waals surface area contributed by atoms with E-state index in [1.54, 1.807) is 50.2 Å². The van der Waals surface area contributed by atoms with Gasteiger partial charge in [0.2, 0.25) is 5.91 Å². The molecule has 120 valence electrons. The van der Waals surface area contributed by atoms with Crippen LogP contribution in [-0.2, 0) is 4.79 Å². The Balaban J connectivity index is 1.99. The van der Waals surface area contributed by atoms with Gasteiger partial charge in [0.05, 0.1) is 0 Å². The molecule has 0 radical (unpaired) electrons. The maximum absolute atomic E-state index is 13.5. The number of benzene rings is 2. The van der Waals surface area contributed by atoms with Crippen LogP contribution in [0.5, 0.6) is 0 Å². The molecular weight excluding hydrogens is 295 g/mol. The number of carbonyl (C=O) groups is 2. The molecule has 0 aliphatic heterocycles. The first kappa shape index (κ1) is 16.7. The van der Waals surface area contributed by atoms with Gasteiger partial charge in [-0.05, 0) is 62.7 Å². The molecule has 0 fully saturated rings. The third-order valence-electron chi connectivity index (χ3n) is 3.51. The molecule has 0 aliphatic carbocycles. The highest BCUT2D eigenvalue weighted by Gasteiger charge is 2.13. The topological polar surface area (TPSA) is 58.2 Å². The zero-order chi connectivity index (χ0) is 17.0. The van der Waals surface area contributed by atoms with Gasteiger partial charge in [-0.15, -0.1) is 0 Å². The van der Waals surface area contributed by atoms with E-state index in [9.17, 15) is 14.0 Å². The highest BCUT2D eigenvalue weighted by molar-refractivity contribution is 5.97. The van der Waals surface area contributed by atoms with E-state index < -0.39 is 6.04 Å².